The number of esters is 1. The predicted octanol–water partition coefficient (Wildman–Crippen LogP) is 10.1. The Morgan fingerprint density at radius 2 is 1.23 bits per heavy atom. The molecule has 0 bridgehead atoms. The SMILES string of the molecule is CC(C)(C)OC(=O)NC(=O)NCCSC1=C(C(=O)OC(c2ccccc2)c2ccccc2)N2C(=O)C(NC(=O)/C(=N\OC(c3ccccc3)(c3ccccc3)c3ccccc3)c3csc(NC(=O)OC(C)(C)C)n3)[C@H]2SC1. The van der Waals surface area contributed by atoms with E-state index in [0.717, 1.165) is 11.3 Å². The number of hydrogen-bond acceptors (Lipinski definition) is 15. The third kappa shape index (κ3) is 13.7. The molecular weight excluding hydrogens is 1040 g/mol. The van der Waals surface area contributed by atoms with Gasteiger partial charge in [-0.25, -0.2) is 29.5 Å². The van der Waals surface area contributed by atoms with Crippen LogP contribution in [0.4, 0.5) is 19.5 Å². The maximum atomic E-state index is 15.0. The zero-order chi connectivity index (χ0) is 54.7. The zero-order valence-corrected chi connectivity index (χ0v) is 45.5. The Morgan fingerprint density at radius 3 is 1.75 bits per heavy atom. The summed E-state index contributed by atoms with van der Waals surface area (Å²) in [5, 5.41) is 15.7. The number of carbonyl (C=O) groups excluding carboxylic acids is 6. The number of alkyl carbamates (subject to hydrolysis) is 1. The number of carbonyl (C=O) groups is 6. The molecule has 1 aromatic heterocycles. The Morgan fingerprint density at radius 1 is 0.727 bits per heavy atom. The molecule has 6 amide bonds. The number of hydrogen-bond donors (Lipinski definition) is 4. The van der Waals surface area contributed by atoms with E-state index in [4.69, 9.17) is 19.0 Å². The van der Waals surface area contributed by atoms with Crippen LogP contribution in [0.25, 0.3) is 0 Å². The van der Waals surface area contributed by atoms with Crippen molar-refractivity contribution >= 4 is 81.7 Å². The minimum absolute atomic E-state index is 0.0164. The van der Waals surface area contributed by atoms with Gasteiger partial charge in [0, 0.05) is 45.0 Å². The monoisotopic (exact) mass is 1100 g/mol. The van der Waals surface area contributed by atoms with Crippen LogP contribution in [-0.2, 0) is 39.0 Å². The van der Waals surface area contributed by atoms with Gasteiger partial charge >= 0.3 is 24.2 Å². The number of nitrogens with one attached hydrogen (secondary N) is 4. The number of ether oxygens (including phenoxy) is 3. The summed E-state index contributed by atoms with van der Waals surface area (Å²) >= 11 is 3.57. The molecule has 2 atom stereocenters. The van der Waals surface area contributed by atoms with Crippen molar-refractivity contribution in [1.82, 2.24) is 25.8 Å². The highest BCUT2D eigenvalue weighted by molar-refractivity contribution is 8.06. The van der Waals surface area contributed by atoms with Crippen molar-refractivity contribution in [3.63, 3.8) is 0 Å². The Bertz CT molecular complexity index is 3000. The van der Waals surface area contributed by atoms with Crippen LogP contribution in [0.1, 0.15) is 81.2 Å². The largest absolute Gasteiger partial charge is 0.448 e. The lowest BCUT2D eigenvalue weighted by Crippen LogP contribution is -2.71. The second kappa shape index (κ2) is 24.4. The topological polar surface area (TPSA) is 216 Å². The van der Waals surface area contributed by atoms with E-state index >= 15 is 0 Å². The van der Waals surface area contributed by atoms with Gasteiger partial charge in [-0.05, 0) is 52.7 Å². The van der Waals surface area contributed by atoms with Gasteiger partial charge in [0.05, 0.1) is 0 Å². The molecule has 4 N–H and O–H groups in total. The number of rotatable bonds is 17. The van der Waals surface area contributed by atoms with Crippen LogP contribution in [0.2, 0.25) is 0 Å². The molecule has 1 unspecified atom stereocenters. The van der Waals surface area contributed by atoms with E-state index in [1.54, 1.807) is 41.5 Å². The van der Waals surface area contributed by atoms with Crippen molar-refractivity contribution in [2.45, 2.75) is 75.9 Å². The molecule has 8 rings (SSSR count). The molecule has 1 saturated heterocycles. The molecular formula is C57H57N7O10S3. The van der Waals surface area contributed by atoms with Gasteiger partial charge < -0.3 is 29.7 Å². The second-order valence-electron chi connectivity index (χ2n) is 19.4. The van der Waals surface area contributed by atoms with Crippen LogP contribution < -0.4 is 21.3 Å². The van der Waals surface area contributed by atoms with Gasteiger partial charge in [-0.1, -0.05) is 157 Å². The number of urea groups is 1. The van der Waals surface area contributed by atoms with E-state index in [2.05, 4.69) is 31.4 Å². The first-order chi connectivity index (χ1) is 36.9. The van der Waals surface area contributed by atoms with Crippen molar-refractivity contribution in [2.75, 3.05) is 23.4 Å². The van der Waals surface area contributed by atoms with Crippen molar-refractivity contribution in [3.05, 3.63) is 201 Å². The first-order valence-corrected chi connectivity index (χ1v) is 27.4. The Labute approximate surface area is 458 Å². The first kappa shape index (κ1) is 55.3. The summed E-state index contributed by atoms with van der Waals surface area (Å²) in [7, 11) is 0. The summed E-state index contributed by atoms with van der Waals surface area (Å²) in [6.45, 7) is 10.3. The quantitative estimate of drug-likeness (QED) is 0.0127. The molecule has 0 spiro atoms. The molecule has 2 aliphatic rings. The van der Waals surface area contributed by atoms with E-state index in [1.165, 1.54) is 33.8 Å². The predicted molar refractivity (Wildman–Crippen MR) is 297 cm³/mol. The van der Waals surface area contributed by atoms with Crippen LogP contribution in [0.15, 0.2) is 173 Å². The fraction of sp³-hybridized carbons (Fsp3) is 0.263. The van der Waals surface area contributed by atoms with Gasteiger partial charge in [-0.2, -0.15) is 0 Å². The molecule has 0 radical (unpaired) electrons. The molecule has 6 aromatic rings. The molecule has 2 aliphatic heterocycles. The van der Waals surface area contributed by atoms with Crippen LogP contribution in [0.5, 0.6) is 0 Å². The number of oxime groups is 1. The second-order valence-corrected chi connectivity index (χ2v) is 22.6. The molecule has 0 aliphatic carbocycles. The number of benzene rings is 5. The van der Waals surface area contributed by atoms with E-state index in [9.17, 15) is 28.8 Å². The lowest BCUT2D eigenvalue weighted by atomic mass is 9.80. The average Bonchev–Trinajstić information content (AvgIpc) is 3.87. The van der Waals surface area contributed by atoms with Gasteiger partial charge in [0.25, 0.3) is 11.8 Å². The van der Waals surface area contributed by atoms with Crippen LogP contribution in [-0.4, -0.2) is 92.3 Å². The van der Waals surface area contributed by atoms with E-state index < -0.39 is 70.3 Å². The van der Waals surface area contributed by atoms with Gasteiger partial charge in [0.15, 0.2) is 16.9 Å². The highest BCUT2D eigenvalue weighted by atomic mass is 32.2. The number of aromatic nitrogens is 1. The standard InChI is InChI=1S/C57H57N7O10S3/c1-55(2,3)72-53(69)61-51(68)58-32-33-75-42-35-76-49-44(48(66)64(49)45(42)50(67)71-46(36-22-12-7-13-23-36)37-24-14-8-15-25-37)60-47(65)43(41-34-77-52(59-41)62-54(70)73-56(4,5)6)63-74-57(38-26-16-9-17-27-38,39-28-18-10-19-29-39)40-30-20-11-21-31-40/h7-31,34,44,46,49H,32-33,35H2,1-6H3,(H,60,65)(H,59,62,70)(H2,58,61,68,69)/b63-43-/t44?,49-/m1/s1. The lowest BCUT2D eigenvalue weighted by molar-refractivity contribution is -0.154. The van der Waals surface area contributed by atoms with Crippen molar-refractivity contribution in [1.29, 1.82) is 0 Å². The number of β-lactam (4-membered cyclic amide) rings is 1. The Balaban J connectivity index is 1.11. The maximum Gasteiger partial charge on any atom is 0.415 e. The number of amides is 6. The van der Waals surface area contributed by atoms with E-state index in [-0.39, 0.29) is 40.3 Å². The lowest BCUT2D eigenvalue weighted by Gasteiger charge is -2.49. The average molecular weight is 1100 g/mol. The molecule has 5 aromatic carbocycles. The van der Waals surface area contributed by atoms with Crippen molar-refractivity contribution in [2.24, 2.45) is 5.16 Å². The smallest absolute Gasteiger partial charge is 0.415 e. The highest BCUT2D eigenvalue weighted by Gasteiger charge is 2.55. The van der Waals surface area contributed by atoms with Crippen LogP contribution >= 0.6 is 34.9 Å². The van der Waals surface area contributed by atoms with Gasteiger partial charge in [-0.15, -0.1) is 34.9 Å². The third-order valence-corrected chi connectivity index (χ3v) is 14.8. The van der Waals surface area contributed by atoms with Crippen molar-refractivity contribution < 1.29 is 47.8 Å². The number of anilines is 1. The molecule has 1 fully saturated rings. The summed E-state index contributed by atoms with van der Waals surface area (Å²) < 4.78 is 17.0. The number of imide groups is 1. The zero-order valence-electron chi connectivity index (χ0n) is 43.0. The molecule has 20 heteroatoms. The number of nitrogens with zero attached hydrogens (tertiary/aromatic N) is 3. The van der Waals surface area contributed by atoms with E-state index in [0.29, 0.717) is 32.7 Å². The molecule has 0 saturated carbocycles. The summed E-state index contributed by atoms with van der Waals surface area (Å²) in [4.78, 5) is 95.3. The minimum Gasteiger partial charge on any atom is -0.448 e. The Hall–Kier alpha value is -7.94. The third-order valence-electron chi connectivity index (χ3n) is 11.5. The van der Waals surface area contributed by atoms with Crippen molar-refractivity contribution in [3.8, 4) is 0 Å². The normalized spacial score (nSPS) is 15.6. The number of thioether (sulfide) groups is 2. The van der Waals surface area contributed by atoms with Gasteiger partial charge in [-0.3, -0.25) is 19.8 Å². The summed E-state index contributed by atoms with van der Waals surface area (Å²) in [6, 6.07) is 44.7. The summed E-state index contributed by atoms with van der Waals surface area (Å²) in [5.74, 6) is -1.78. The fourth-order valence-electron chi connectivity index (χ4n) is 8.25. The molecule has 77 heavy (non-hydrogen) atoms. The minimum atomic E-state index is -1.42. The Kier molecular flexibility index (Phi) is 17.5. The summed E-state index contributed by atoms with van der Waals surface area (Å²) in [5.41, 5.74) is 0.0990. The van der Waals surface area contributed by atoms with Gasteiger partial charge in [0.2, 0.25) is 5.60 Å². The molecule has 398 valence electrons. The first-order valence-electron chi connectivity index (χ1n) is 24.5. The molecule has 17 nitrogen and oxygen atoms in total. The highest BCUT2D eigenvalue weighted by Crippen LogP contribution is 2.45. The molecule has 3 heterocycles. The van der Waals surface area contributed by atoms with Gasteiger partial charge in [0.1, 0.15) is 34.0 Å². The number of fused-ring (bicyclic) bond motifs is 1. The van der Waals surface area contributed by atoms with Crippen LogP contribution in [0, 0.1) is 0 Å². The fourth-order valence-corrected chi connectivity index (χ4v) is 11.4. The summed E-state index contributed by atoms with van der Waals surface area (Å²) in [6.07, 6.45) is -2.53. The number of thiazole rings is 1. The maximum absolute atomic E-state index is 15.0. The van der Waals surface area contributed by atoms with E-state index in [1.807, 2.05) is 152 Å². The van der Waals surface area contributed by atoms with Crippen LogP contribution in [0.3, 0.4) is 0 Å².